The van der Waals surface area contributed by atoms with Crippen molar-refractivity contribution in [1.29, 1.82) is 0 Å². The Kier molecular flexibility index (Phi) is 2.50. The molecule has 2 aliphatic rings. The average molecular weight is 217 g/mol. The van der Waals surface area contributed by atoms with E-state index >= 15 is 0 Å². The molecule has 0 saturated heterocycles. The Labute approximate surface area is 96.9 Å². The fourth-order valence-corrected chi connectivity index (χ4v) is 2.84. The molecule has 1 aromatic carbocycles. The summed E-state index contributed by atoms with van der Waals surface area (Å²) in [4.78, 5) is 2.52. The van der Waals surface area contributed by atoms with Gasteiger partial charge in [0, 0.05) is 18.8 Å². The quantitative estimate of drug-likeness (QED) is 0.823. The van der Waals surface area contributed by atoms with Crippen LogP contribution in [-0.2, 0) is 6.42 Å². The molecule has 0 spiro atoms. The number of hydrogen-bond acceptors (Lipinski definition) is 2. The third-order valence-corrected chi connectivity index (χ3v) is 3.98. The molecule has 86 valence electrons. The van der Waals surface area contributed by atoms with Crippen molar-refractivity contribution in [3.05, 3.63) is 23.8 Å². The molecule has 0 bridgehead atoms. The smallest absolute Gasteiger partial charge is 0.116 e. The number of anilines is 1. The van der Waals surface area contributed by atoms with E-state index in [1.807, 2.05) is 12.1 Å². The van der Waals surface area contributed by atoms with Crippen molar-refractivity contribution in [3.63, 3.8) is 0 Å². The number of nitrogens with zero attached hydrogens (tertiary/aromatic N) is 1. The van der Waals surface area contributed by atoms with Crippen LogP contribution in [0, 0.1) is 5.92 Å². The molecular weight excluding hydrogens is 198 g/mol. The van der Waals surface area contributed by atoms with Crippen molar-refractivity contribution in [2.24, 2.45) is 5.92 Å². The van der Waals surface area contributed by atoms with Gasteiger partial charge in [0.25, 0.3) is 0 Å². The summed E-state index contributed by atoms with van der Waals surface area (Å²) in [5, 5.41) is 9.50. The van der Waals surface area contributed by atoms with Gasteiger partial charge >= 0.3 is 0 Å². The summed E-state index contributed by atoms with van der Waals surface area (Å²) in [6.45, 7) is 2.41. The highest BCUT2D eigenvalue weighted by Crippen LogP contribution is 2.34. The summed E-state index contributed by atoms with van der Waals surface area (Å²) in [5.74, 6) is 1.32. The molecule has 1 saturated carbocycles. The lowest BCUT2D eigenvalue weighted by Gasteiger charge is -2.37. The Morgan fingerprint density at radius 3 is 2.88 bits per heavy atom. The van der Waals surface area contributed by atoms with Gasteiger partial charge in [-0.2, -0.15) is 0 Å². The molecule has 3 rings (SSSR count). The number of fused-ring (bicyclic) bond motifs is 1. The van der Waals surface area contributed by atoms with Crippen LogP contribution in [0.3, 0.4) is 0 Å². The minimum atomic E-state index is 0.407. The summed E-state index contributed by atoms with van der Waals surface area (Å²) < 4.78 is 0. The maximum Gasteiger partial charge on any atom is 0.116 e. The molecule has 1 fully saturated rings. The van der Waals surface area contributed by atoms with Crippen LogP contribution < -0.4 is 4.90 Å². The predicted molar refractivity (Wildman–Crippen MR) is 66.0 cm³/mol. The summed E-state index contributed by atoms with van der Waals surface area (Å²) in [6.07, 6.45) is 6.57. The van der Waals surface area contributed by atoms with Crippen LogP contribution in [0.1, 0.15) is 31.2 Å². The lowest BCUT2D eigenvalue weighted by molar-refractivity contribution is 0.316. The fourth-order valence-electron chi connectivity index (χ4n) is 2.84. The second kappa shape index (κ2) is 4.00. The molecule has 0 unspecified atom stereocenters. The largest absolute Gasteiger partial charge is 0.508 e. The molecule has 1 aliphatic carbocycles. The first kappa shape index (κ1) is 10.0. The molecule has 2 heteroatoms. The molecule has 1 heterocycles. The first-order valence-corrected chi connectivity index (χ1v) is 6.40. The van der Waals surface area contributed by atoms with Gasteiger partial charge in [-0.05, 0) is 55.4 Å². The Bertz CT molecular complexity index is 384. The summed E-state index contributed by atoms with van der Waals surface area (Å²) in [6, 6.07) is 5.84. The average Bonchev–Trinajstić information content (AvgIpc) is 2.23. The van der Waals surface area contributed by atoms with Gasteiger partial charge in [0.1, 0.15) is 5.75 Å². The van der Waals surface area contributed by atoms with E-state index < -0.39 is 0 Å². The van der Waals surface area contributed by atoms with Crippen molar-refractivity contribution in [2.75, 3.05) is 18.0 Å². The molecule has 1 aromatic rings. The van der Waals surface area contributed by atoms with Gasteiger partial charge in [-0.15, -0.1) is 0 Å². The zero-order valence-electron chi connectivity index (χ0n) is 9.65. The van der Waals surface area contributed by atoms with Crippen molar-refractivity contribution < 1.29 is 5.11 Å². The number of hydrogen-bond donors (Lipinski definition) is 1. The van der Waals surface area contributed by atoms with Crippen molar-refractivity contribution in [1.82, 2.24) is 0 Å². The molecule has 2 nitrogen and oxygen atoms in total. The number of rotatable bonds is 2. The van der Waals surface area contributed by atoms with Crippen LogP contribution in [-0.4, -0.2) is 18.2 Å². The third-order valence-electron chi connectivity index (χ3n) is 3.98. The number of aryl methyl sites for hydroxylation is 1. The second-order valence-electron chi connectivity index (χ2n) is 5.16. The maximum atomic E-state index is 9.50. The number of phenols is 1. The molecule has 0 aromatic heterocycles. The highest BCUT2D eigenvalue weighted by molar-refractivity contribution is 5.57. The van der Waals surface area contributed by atoms with E-state index in [9.17, 15) is 5.11 Å². The lowest BCUT2D eigenvalue weighted by atomic mass is 9.84. The van der Waals surface area contributed by atoms with Crippen LogP contribution in [0.5, 0.6) is 5.75 Å². The molecule has 0 radical (unpaired) electrons. The highest BCUT2D eigenvalue weighted by Gasteiger charge is 2.23. The lowest BCUT2D eigenvalue weighted by Crippen LogP contribution is -2.36. The van der Waals surface area contributed by atoms with Crippen LogP contribution in [0.4, 0.5) is 5.69 Å². The molecule has 1 aliphatic heterocycles. The fraction of sp³-hybridized carbons (Fsp3) is 0.571. The zero-order chi connectivity index (χ0) is 11.0. The predicted octanol–water partition coefficient (Wildman–Crippen LogP) is 2.94. The molecule has 1 N–H and O–H groups in total. The first-order chi connectivity index (χ1) is 7.83. The van der Waals surface area contributed by atoms with E-state index in [1.54, 1.807) is 0 Å². The molecule has 0 amide bonds. The van der Waals surface area contributed by atoms with Gasteiger partial charge in [-0.3, -0.25) is 0 Å². The number of phenolic OH excluding ortho intramolecular Hbond substituents is 1. The Morgan fingerprint density at radius 2 is 2.12 bits per heavy atom. The third kappa shape index (κ3) is 1.77. The minimum absolute atomic E-state index is 0.407. The Balaban J connectivity index is 1.81. The van der Waals surface area contributed by atoms with Gasteiger partial charge in [0.2, 0.25) is 0 Å². The monoisotopic (exact) mass is 217 g/mol. The maximum absolute atomic E-state index is 9.50. The van der Waals surface area contributed by atoms with E-state index in [0.29, 0.717) is 5.75 Å². The minimum Gasteiger partial charge on any atom is -0.508 e. The van der Waals surface area contributed by atoms with Crippen molar-refractivity contribution in [2.45, 2.75) is 32.1 Å². The Morgan fingerprint density at radius 1 is 1.25 bits per heavy atom. The van der Waals surface area contributed by atoms with Gasteiger partial charge in [0.05, 0.1) is 0 Å². The topological polar surface area (TPSA) is 23.5 Å². The first-order valence-electron chi connectivity index (χ1n) is 6.40. The van der Waals surface area contributed by atoms with E-state index in [2.05, 4.69) is 11.0 Å². The molecular formula is C14H19NO. The highest BCUT2D eigenvalue weighted by atomic mass is 16.3. The van der Waals surface area contributed by atoms with E-state index in [-0.39, 0.29) is 0 Å². The van der Waals surface area contributed by atoms with Gasteiger partial charge < -0.3 is 10.0 Å². The SMILES string of the molecule is Oc1ccc2c(c1)CCCN2CC1CCC1. The number of aromatic hydroxyl groups is 1. The van der Waals surface area contributed by atoms with Crippen LogP contribution >= 0.6 is 0 Å². The normalized spacial score (nSPS) is 20.4. The molecule has 0 atom stereocenters. The Hall–Kier alpha value is -1.18. The van der Waals surface area contributed by atoms with Gasteiger partial charge in [-0.1, -0.05) is 6.42 Å². The number of benzene rings is 1. The van der Waals surface area contributed by atoms with E-state index in [4.69, 9.17) is 0 Å². The van der Waals surface area contributed by atoms with Crippen LogP contribution in [0.15, 0.2) is 18.2 Å². The molecule has 16 heavy (non-hydrogen) atoms. The van der Waals surface area contributed by atoms with Crippen LogP contribution in [0.2, 0.25) is 0 Å². The summed E-state index contributed by atoms with van der Waals surface area (Å²) in [7, 11) is 0. The summed E-state index contributed by atoms with van der Waals surface area (Å²) >= 11 is 0. The summed E-state index contributed by atoms with van der Waals surface area (Å²) in [5.41, 5.74) is 2.68. The van der Waals surface area contributed by atoms with Gasteiger partial charge in [0.15, 0.2) is 0 Å². The van der Waals surface area contributed by atoms with E-state index in [1.165, 1.54) is 50.0 Å². The van der Waals surface area contributed by atoms with Crippen LogP contribution in [0.25, 0.3) is 0 Å². The van der Waals surface area contributed by atoms with Gasteiger partial charge in [-0.25, -0.2) is 0 Å². The second-order valence-corrected chi connectivity index (χ2v) is 5.16. The van der Waals surface area contributed by atoms with Crippen molar-refractivity contribution >= 4 is 5.69 Å². The van der Waals surface area contributed by atoms with E-state index in [0.717, 1.165) is 12.3 Å². The standard InChI is InChI=1S/C14H19NO/c16-13-6-7-14-12(9-13)5-2-8-15(14)10-11-3-1-4-11/h6-7,9,11,16H,1-5,8,10H2. The van der Waals surface area contributed by atoms with Crippen molar-refractivity contribution in [3.8, 4) is 5.75 Å². The zero-order valence-corrected chi connectivity index (χ0v) is 9.65.